The highest BCUT2D eigenvalue weighted by Gasteiger charge is 2.29. The third-order valence-electron chi connectivity index (χ3n) is 9.71. The first-order valence-electron chi connectivity index (χ1n) is 18.5. The topological polar surface area (TPSA) is 188 Å². The van der Waals surface area contributed by atoms with Crippen molar-refractivity contribution in [1.82, 2.24) is 45.4 Å². The number of amides is 4. The van der Waals surface area contributed by atoms with Crippen molar-refractivity contribution in [1.29, 1.82) is 0 Å². The summed E-state index contributed by atoms with van der Waals surface area (Å²) in [4.78, 5) is 74.0. The van der Waals surface area contributed by atoms with Gasteiger partial charge in [0.05, 0.1) is 44.9 Å². The number of alkyl carbamates (subject to hydrolysis) is 2. The SMILES string of the molecule is CCCN(Cc1ncc(-c2ccc(C3CCC(c4cnc(CN(CCC)C(=O)[C@H](NC(=O)OC)c5ccccc5)[nH]4)CC3)cn2)[nH]1)C(=O)CNC(=O)OC. The minimum Gasteiger partial charge on any atom is -0.453 e. The molecule has 3 aromatic heterocycles. The van der Waals surface area contributed by atoms with Crippen molar-refractivity contribution >= 4 is 24.0 Å². The maximum Gasteiger partial charge on any atom is 0.407 e. The first kappa shape index (κ1) is 39.5. The van der Waals surface area contributed by atoms with Crippen LogP contribution in [0.2, 0.25) is 0 Å². The van der Waals surface area contributed by atoms with Crippen molar-refractivity contribution in [3.05, 3.63) is 89.5 Å². The van der Waals surface area contributed by atoms with Crippen molar-refractivity contribution < 1.29 is 28.7 Å². The van der Waals surface area contributed by atoms with Gasteiger partial charge in [0.2, 0.25) is 11.8 Å². The highest BCUT2D eigenvalue weighted by Crippen LogP contribution is 2.40. The summed E-state index contributed by atoms with van der Waals surface area (Å²) < 4.78 is 9.37. The maximum atomic E-state index is 13.8. The van der Waals surface area contributed by atoms with E-state index in [4.69, 9.17) is 9.72 Å². The Morgan fingerprint density at radius 3 is 2.09 bits per heavy atom. The van der Waals surface area contributed by atoms with Crippen LogP contribution in [0.25, 0.3) is 11.4 Å². The van der Waals surface area contributed by atoms with E-state index in [0.717, 1.165) is 55.6 Å². The number of ether oxygens (including phenoxy) is 2. The van der Waals surface area contributed by atoms with Crippen LogP contribution in [0.3, 0.4) is 0 Å². The van der Waals surface area contributed by atoms with Crippen LogP contribution in [0.5, 0.6) is 0 Å². The number of methoxy groups -OCH3 is 2. The molecule has 1 aliphatic carbocycles. The maximum absolute atomic E-state index is 13.8. The Labute approximate surface area is 315 Å². The summed E-state index contributed by atoms with van der Waals surface area (Å²) in [7, 11) is 2.53. The van der Waals surface area contributed by atoms with Gasteiger partial charge in [0.15, 0.2) is 0 Å². The second kappa shape index (κ2) is 19.4. The molecule has 3 heterocycles. The van der Waals surface area contributed by atoms with E-state index >= 15 is 0 Å². The van der Waals surface area contributed by atoms with Crippen molar-refractivity contribution in [2.45, 2.75) is 83.3 Å². The summed E-state index contributed by atoms with van der Waals surface area (Å²) in [5.74, 6) is 1.62. The molecule has 0 unspecified atom stereocenters. The normalized spacial score (nSPS) is 15.9. The lowest BCUT2D eigenvalue weighted by molar-refractivity contribution is -0.134. The van der Waals surface area contributed by atoms with Crippen LogP contribution in [-0.2, 0) is 32.2 Å². The van der Waals surface area contributed by atoms with E-state index in [9.17, 15) is 19.2 Å². The van der Waals surface area contributed by atoms with Gasteiger partial charge in [-0.15, -0.1) is 0 Å². The average Bonchev–Trinajstić information content (AvgIpc) is 3.89. The van der Waals surface area contributed by atoms with Crippen LogP contribution in [-0.4, -0.2) is 92.6 Å². The van der Waals surface area contributed by atoms with E-state index in [-0.39, 0.29) is 24.9 Å². The van der Waals surface area contributed by atoms with Gasteiger partial charge >= 0.3 is 12.2 Å². The number of carbonyl (C=O) groups excluding carboxylic acids is 4. The lowest BCUT2D eigenvalue weighted by Crippen LogP contribution is -2.43. The average molecular weight is 742 g/mol. The summed E-state index contributed by atoms with van der Waals surface area (Å²) in [6, 6.07) is 12.4. The molecule has 0 saturated heterocycles. The Hall–Kier alpha value is -5.73. The molecular weight excluding hydrogens is 690 g/mol. The molecule has 0 radical (unpaired) electrons. The van der Waals surface area contributed by atoms with Crippen molar-refractivity contribution in [3.63, 3.8) is 0 Å². The van der Waals surface area contributed by atoms with Crippen LogP contribution < -0.4 is 10.6 Å². The summed E-state index contributed by atoms with van der Waals surface area (Å²) in [6.07, 6.45) is 9.77. The predicted octanol–water partition coefficient (Wildman–Crippen LogP) is 5.57. The Morgan fingerprint density at radius 2 is 1.43 bits per heavy atom. The largest absolute Gasteiger partial charge is 0.453 e. The van der Waals surface area contributed by atoms with Crippen LogP contribution in [0.4, 0.5) is 9.59 Å². The molecule has 4 aromatic rings. The first-order valence-corrected chi connectivity index (χ1v) is 18.5. The number of carbonyl (C=O) groups is 4. The quantitative estimate of drug-likeness (QED) is 0.114. The Balaban J connectivity index is 1.15. The minimum absolute atomic E-state index is 0.150. The van der Waals surface area contributed by atoms with Crippen LogP contribution in [0, 0.1) is 0 Å². The zero-order valence-electron chi connectivity index (χ0n) is 31.5. The Morgan fingerprint density at radius 1 is 0.778 bits per heavy atom. The number of aromatic amines is 2. The number of pyridine rings is 1. The molecular formula is C39H51N9O6. The van der Waals surface area contributed by atoms with Crippen LogP contribution in [0.1, 0.15) is 98.7 Å². The number of benzene rings is 1. The summed E-state index contributed by atoms with van der Waals surface area (Å²) >= 11 is 0. The van der Waals surface area contributed by atoms with E-state index in [1.807, 2.05) is 62.6 Å². The van der Waals surface area contributed by atoms with E-state index < -0.39 is 18.2 Å². The number of hydrogen-bond acceptors (Lipinski definition) is 9. The molecule has 54 heavy (non-hydrogen) atoms. The molecule has 1 saturated carbocycles. The van der Waals surface area contributed by atoms with E-state index in [0.29, 0.717) is 48.7 Å². The number of nitrogens with one attached hydrogen (secondary N) is 4. The van der Waals surface area contributed by atoms with E-state index in [1.165, 1.54) is 19.8 Å². The zero-order valence-corrected chi connectivity index (χ0v) is 31.5. The third kappa shape index (κ3) is 10.4. The fraction of sp³-hybridized carbons (Fsp3) is 0.462. The lowest BCUT2D eigenvalue weighted by Gasteiger charge is -2.28. The number of aromatic nitrogens is 5. The van der Waals surface area contributed by atoms with Crippen LogP contribution >= 0.6 is 0 Å². The van der Waals surface area contributed by atoms with Gasteiger partial charge in [0, 0.05) is 37.1 Å². The van der Waals surface area contributed by atoms with Crippen molar-refractivity contribution in [3.8, 4) is 11.4 Å². The first-order chi connectivity index (χ1) is 26.2. The molecule has 0 aliphatic heterocycles. The second-order valence-corrected chi connectivity index (χ2v) is 13.5. The van der Waals surface area contributed by atoms with Gasteiger partial charge in [-0.25, -0.2) is 19.6 Å². The minimum atomic E-state index is -0.877. The standard InChI is InChI=1S/C39H51N9O6/c1-5-18-47(35(49)23-43-38(51)53-3)24-33-42-22-32(45-33)30-17-16-29(20-40-30)26-12-14-27(15-13-26)31-21-41-34(44-31)25-48(19-6-2)37(50)36(46-39(52)54-4)28-10-8-7-9-11-28/h7-11,16-17,20-22,26-27,36H,5-6,12-15,18-19,23-25H2,1-4H3,(H,41,44)(H,42,45)(H,43,51)(H,46,52)/t26?,27?,36-/m1/s1. The molecule has 15 nitrogen and oxygen atoms in total. The number of H-pyrrole nitrogens is 2. The molecule has 4 amide bonds. The smallest absolute Gasteiger partial charge is 0.407 e. The van der Waals surface area contributed by atoms with Gasteiger partial charge in [-0.2, -0.15) is 0 Å². The molecule has 15 heteroatoms. The summed E-state index contributed by atoms with van der Waals surface area (Å²) in [5, 5.41) is 5.13. The van der Waals surface area contributed by atoms with Gasteiger partial charge in [-0.05, 0) is 61.6 Å². The van der Waals surface area contributed by atoms with Gasteiger partial charge in [-0.1, -0.05) is 50.2 Å². The number of hydrogen-bond donors (Lipinski definition) is 4. The zero-order chi connectivity index (χ0) is 38.5. The number of rotatable bonds is 16. The Bertz CT molecular complexity index is 1820. The Kier molecular flexibility index (Phi) is 14.2. The summed E-state index contributed by atoms with van der Waals surface area (Å²) in [6.45, 7) is 5.47. The number of nitrogens with zero attached hydrogens (tertiary/aromatic N) is 5. The van der Waals surface area contributed by atoms with Gasteiger partial charge in [0.1, 0.15) is 24.2 Å². The molecule has 1 aliphatic rings. The molecule has 288 valence electrons. The van der Waals surface area contributed by atoms with E-state index in [2.05, 4.69) is 41.4 Å². The second-order valence-electron chi connectivity index (χ2n) is 13.5. The van der Waals surface area contributed by atoms with Crippen molar-refractivity contribution in [2.24, 2.45) is 0 Å². The molecule has 4 N–H and O–H groups in total. The molecule has 0 bridgehead atoms. The monoisotopic (exact) mass is 741 g/mol. The number of imidazole rings is 2. The molecule has 1 atom stereocenters. The molecule has 5 rings (SSSR count). The lowest BCUT2D eigenvalue weighted by atomic mass is 9.78. The van der Waals surface area contributed by atoms with Crippen LogP contribution in [0.15, 0.2) is 61.1 Å². The van der Waals surface area contributed by atoms with E-state index in [1.54, 1.807) is 16.0 Å². The highest BCUT2D eigenvalue weighted by atomic mass is 16.5. The van der Waals surface area contributed by atoms with Gasteiger partial charge in [-0.3, -0.25) is 14.6 Å². The molecule has 0 spiro atoms. The predicted molar refractivity (Wildman–Crippen MR) is 201 cm³/mol. The fourth-order valence-corrected chi connectivity index (χ4v) is 6.87. The highest BCUT2D eigenvalue weighted by molar-refractivity contribution is 5.87. The third-order valence-corrected chi connectivity index (χ3v) is 9.71. The van der Waals surface area contributed by atoms with Gasteiger partial charge < -0.3 is 39.9 Å². The molecule has 1 aromatic carbocycles. The van der Waals surface area contributed by atoms with Crippen molar-refractivity contribution in [2.75, 3.05) is 33.9 Å². The van der Waals surface area contributed by atoms with Gasteiger partial charge in [0.25, 0.3) is 0 Å². The fourth-order valence-electron chi connectivity index (χ4n) is 6.87. The molecule has 1 fully saturated rings. The summed E-state index contributed by atoms with van der Waals surface area (Å²) in [5.41, 5.74) is 4.48.